The lowest BCUT2D eigenvalue weighted by Crippen LogP contribution is -2.20. The normalized spacial score (nSPS) is 11.8. The summed E-state index contributed by atoms with van der Waals surface area (Å²) in [6.07, 6.45) is 1.54. The molecule has 0 heterocycles. The lowest BCUT2D eigenvalue weighted by molar-refractivity contribution is -0.153. The number of alkyl halides is 3. The molecule has 0 radical (unpaired) electrons. The third-order valence-corrected chi connectivity index (χ3v) is 3.26. The molecule has 0 fully saturated rings. The molecule has 0 aliphatic heterocycles. The molecule has 0 unspecified atom stereocenters. The van der Waals surface area contributed by atoms with E-state index in [1.165, 1.54) is 12.1 Å². The van der Waals surface area contributed by atoms with Gasteiger partial charge in [-0.15, -0.1) is 6.42 Å². The Labute approximate surface area is 114 Å². The molecule has 8 heteroatoms. The summed E-state index contributed by atoms with van der Waals surface area (Å²) in [6.45, 7) is -1.45. The third kappa shape index (κ3) is 5.01. The smallest absolute Gasteiger partial charge is 0.422 e. The van der Waals surface area contributed by atoms with Crippen LogP contribution in [0.3, 0.4) is 0 Å². The van der Waals surface area contributed by atoms with Gasteiger partial charge in [0.05, 0.1) is 17.1 Å². The minimum Gasteiger partial charge on any atom is -0.482 e. The van der Waals surface area contributed by atoms with Crippen LogP contribution in [0.4, 0.5) is 18.9 Å². The van der Waals surface area contributed by atoms with E-state index in [0.717, 1.165) is 12.3 Å². The van der Waals surface area contributed by atoms with Gasteiger partial charge in [-0.05, 0) is 18.2 Å². The Hall–Kier alpha value is -1.88. The van der Waals surface area contributed by atoms with Crippen molar-refractivity contribution in [3.8, 4) is 18.1 Å². The number of terminal acetylenes is 1. The lowest BCUT2D eigenvalue weighted by atomic mass is 10.3. The number of benzene rings is 1. The standard InChI is InChI=1S/C12H12F3NO3S/c1-3-6-16-10-7-9(20(2,17)18)4-5-11(10)19-8-12(13,14)15/h1,4-5,7,16H,6,8H2,2H3. The van der Waals surface area contributed by atoms with Crippen molar-refractivity contribution >= 4 is 15.5 Å². The lowest BCUT2D eigenvalue weighted by Gasteiger charge is -2.14. The maximum atomic E-state index is 12.1. The summed E-state index contributed by atoms with van der Waals surface area (Å²) in [5.41, 5.74) is 0.0927. The van der Waals surface area contributed by atoms with Gasteiger partial charge in [0.2, 0.25) is 0 Å². The molecule has 0 aliphatic rings. The number of nitrogens with one attached hydrogen (secondary N) is 1. The van der Waals surface area contributed by atoms with Gasteiger partial charge in [0.25, 0.3) is 0 Å². The fourth-order valence-electron chi connectivity index (χ4n) is 1.31. The van der Waals surface area contributed by atoms with E-state index in [9.17, 15) is 21.6 Å². The number of halogens is 3. The Morgan fingerprint density at radius 2 is 2.05 bits per heavy atom. The van der Waals surface area contributed by atoms with Crippen LogP contribution in [0.1, 0.15) is 0 Å². The van der Waals surface area contributed by atoms with Gasteiger partial charge in [0, 0.05) is 6.26 Å². The highest BCUT2D eigenvalue weighted by molar-refractivity contribution is 7.90. The Morgan fingerprint density at radius 3 is 2.55 bits per heavy atom. The van der Waals surface area contributed by atoms with Crippen LogP contribution in [0.25, 0.3) is 0 Å². The van der Waals surface area contributed by atoms with Gasteiger partial charge < -0.3 is 10.1 Å². The molecule has 0 atom stereocenters. The average molecular weight is 307 g/mol. The molecule has 1 aromatic carbocycles. The summed E-state index contributed by atoms with van der Waals surface area (Å²) in [4.78, 5) is -0.0450. The summed E-state index contributed by atoms with van der Waals surface area (Å²) in [5, 5.41) is 2.62. The van der Waals surface area contributed by atoms with Gasteiger partial charge in [-0.1, -0.05) is 5.92 Å². The van der Waals surface area contributed by atoms with Crippen LogP contribution in [0.5, 0.6) is 5.75 Å². The molecule has 0 amide bonds. The quantitative estimate of drug-likeness (QED) is 0.846. The van der Waals surface area contributed by atoms with Crippen LogP contribution in [0, 0.1) is 12.3 Å². The van der Waals surface area contributed by atoms with Gasteiger partial charge in [-0.3, -0.25) is 0 Å². The molecule has 0 aromatic heterocycles. The van der Waals surface area contributed by atoms with Crippen LogP contribution in [0.2, 0.25) is 0 Å². The summed E-state index contributed by atoms with van der Waals surface area (Å²) in [6, 6.07) is 3.50. The topological polar surface area (TPSA) is 55.4 Å². The minimum absolute atomic E-state index is 0.0234. The van der Waals surface area contributed by atoms with E-state index in [4.69, 9.17) is 6.42 Å². The molecule has 1 rings (SSSR count). The highest BCUT2D eigenvalue weighted by atomic mass is 32.2. The largest absolute Gasteiger partial charge is 0.482 e. The van der Waals surface area contributed by atoms with E-state index in [1.807, 2.05) is 0 Å². The van der Waals surface area contributed by atoms with E-state index < -0.39 is 22.6 Å². The van der Waals surface area contributed by atoms with Gasteiger partial charge in [-0.2, -0.15) is 13.2 Å². The molecule has 0 saturated carbocycles. The van der Waals surface area contributed by atoms with E-state index in [2.05, 4.69) is 16.0 Å². The maximum absolute atomic E-state index is 12.1. The third-order valence-electron chi connectivity index (χ3n) is 2.15. The van der Waals surface area contributed by atoms with E-state index in [1.54, 1.807) is 0 Å². The van der Waals surface area contributed by atoms with Crippen LogP contribution in [-0.4, -0.2) is 34.0 Å². The second-order valence-corrected chi connectivity index (χ2v) is 5.91. The van der Waals surface area contributed by atoms with Crippen LogP contribution >= 0.6 is 0 Å². The van der Waals surface area contributed by atoms with Crippen molar-refractivity contribution in [2.45, 2.75) is 11.1 Å². The predicted molar refractivity (Wildman–Crippen MR) is 68.4 cm³/mol. The molecular formula is C12H12F3NO3S. The predicted octanol–water partition coefficient (Wildman–Crippen LogP) is 2.08. The molecular weight excluding hydrogens is 295 g/mol. The Bertz CT molecular complexity index is 618. The molecule has 0 spiro atoms. The summed E-state index contributed by atoms with van der Waals surface area (Å²) in [5.74, 6) is 2.12. The van der Waals surface area contributed by atoms with Gasteiger partial charge in [-0.25, -0.2) is 8.42 Å². The zero-order valence-electron chi connectivity index (χ0n) is 10.5. The van der Waals surface area contributed by atoms with Crippen molar-refractivity contribution < 1.29 is 26.3 Å². The molecule has 0 bridgehead atoms. The van der Waals surface area contributed by atoms with Gasteiger partial charge in [0.1, 0.15) is 5.75 Å². The SMILES string of the molecule is C#CCNc1cc(S(C)(=O)=O)ccc1OCC(F)(F)F. The number of hydrogen-bond donors (Lipinski definition) is 1. The maximum Gasteiger partial charge on any atom is 0.422 e. The zero-order chi connectivity index (χ0) is 15.4. The first-order valence-electron chi connectivity index (χ1n) is 5.34. The number of sulfone groups is 1. The first-order valence-corrected chi connectivity index (χ1v) is 7.23. The van der Waals surface area contributed by atoms with E-state index in [0.29, 0.717) is 0 Å². The number of hydrogen-bond acceptors (Lipinski definition) is 4. The average Bonchev–Trinajstić information content (AvgIpc) is 2.32. The highest BCUT2D eigenvalue weighted by Gasteiger charge is 2.29. The molecule has 20 heavy (non-hydrogen) atoms. The second-order valence-electron chi connectivity index (χ2n) is 3.89. The van der Waals surface area contributed by atoms with Crippen molar-refractivity contribution in [3.63, 3.8) is 0 Å². The van der Waals surface area contributed by atoms with Crippen molar-refractivity contribution in [1.82, 2.24) is 0 Å². The monoisotopic (exact) mass is 307 g/mol. The fraction of sp³-hybridized carbons (Fsp3) is 0.333. The first kappa shape index (κ1) is 16.2. The molecule has 110 valence electrons. The van der Waals surface area contributed by atoms with E-state index in [-0.39, 0.29) is 22.9 Å². The summed E-state index contributed by atoms with van der Waals surface area (Å²) in [7, 11) is -3.48. The van der Waals surface area contributed by atoms with Gasteiger partial charge >= 0.3 is 6.18 Å². The Balaban J connectivity index is 3.07. The highest BCUT2D eigenvalue weighted by Crippen LogP contribution is 2.29. The first-order chi connectivity index (χ1) is 9.13. The van der Waals surface area contributed by atoms with E-state index >= 15 is 0 Å². The summed E-state index contributed by atoms with van der Waals surface area (Å²) >= 11 is 0. The van der Waals surface area contributed by atoms with Gasteiger partial charge in [0.15, 0.2) is 16.4 Å². The van der Waals surface area contributed by atoms with Crippen LogP contribution in [-0.2, 0) is 9.84 Å². The van der Waals surface area contributed by atoms with Crippen LogP contribution in [0.15, 0.2) is 23.1 Å². The van der Waals surface area contributed by atoms with Crippen molar-refractivity contribution in [1.29, 1.82) is 0 Å². The van der Waals surface area contributed by atoms with Crippen molar-refractivity contribution in [2.75, 3.05) is 24.7 Å². The molecule has 1 N–H and O–H groups in total. The Morgan fingerprint density at radius 1 is 1.40 bits per heavy atom. The van der Waals surface area contributed by atoms with Crippen molar-refractivity contribution in [3.05, 3.63) is 18.2 Å². The second kappa shape index (κ2) is 6.05. The molecule has 0 saturated heterocycles. The summed E-state index contributed by atoms with van der Waals surface area (Å²) < 4.78 is 63.8. The Kier molecular flexibility index (Phi) is 4.89. The number of rotatable bonds is 5. The van der Waals surface area contributed by atoms with Crippen molar-refractivity contribution in [2.24, 2.45) is 0 Å². The molecule has 0 aliphatic carbocycles. The minimum atomic E-state index is -4.49. The zero-order valence-corrected chi connectivity index (χ0v) is 11.3. The molecule has 1 aromatic rings. The fourth-order valence-corrected chi connectivity index (χ4v) is 1.96. The number of ether oxygens (including phenoxy) is 1. The molecule has 4 nitrogen and oxygen atoms in total. The number of anilines is 1. The van der Waals surface area contributed by atoms with Crippen LogP contribution < -0.4 is 10.1 Å².